The molecule has 2 rings (SSSR count). The molecule has 3 unspecified atom stereocenters. The van der Waals surface area contributed by atoms with E-state index in [0.29, 0.717) is 18.7 Å². The van der Waals surface area contributed by atoms with Crippen LogP contribution < -0.4 is 5.73 Å². The number of rotatable bonds is 0. The van der Waals surface area contributed by atoms with E-state index in [1.54, 1.807) is 6.92 Å². The van der Waals surface area contributed by atoms with E-state index in [1.165, 1.54) is 0 Å². The summed E-state index contributed by atoms with van der Waals surface area (Å²) in [4.78, 5) is 4.19. The van der Waals surface area contributed by atoms with Crippen molar-refractivity contribution in [3.63, 3.8) is 0 Å². The third-order valence-electron chi connectivity index (χ3n) is 3.36. The third kappa shape index (κ3) is 0.855. The van der Waals surface area contributed by atoms with Gasteiger partial charge in [0.1, 0.15) is 10.6 Å². The van der Waals surface area contributed by atoms with Crippen molar-refractivity contribution in [1.82, 2.24) is 0 Å². The standard InChI is InChI=1S/C8H14N2O2S/c1-5-6-3-4-8(2,7(9)10-5)13(6,11)12/h5-6H,3-4H2,1-2H3,(H2,9,10). The van der Waals surface area contributed by atoms with Crippen molar-refractivity contribution < 1.29 is 8.42 Å². The Morgan fingerprint density at radius 2 is 2.23 bits per heavy atom. The second-order valence-electron chi connectivity index (χ2n) is 4.11. The van der Waals surface area contributed by atoms with Crippen LogP contribution in [-0.2, 0) is 9.84 Å². The van der Waals surface area contributed by atoms with Gasteiger partial charge in [-0.25, -0.2) is 8.42 Å². The molecule has 5 heteroatoms. The lowest BCUT2D eigenvalue weighted by Gasteiger charge is -2.30. The van der Waals surface area contributed by atoms with Gasteiger partial charge in [-0.15, -0.1) is 0 Å². The van der Waals surface area contributed by atoms with Gasteiger partial charge in [-0.3, -0.25) is 4.99 Å². The van der Waals surface area contributed by atoms with Gasteiger partial charge in [0, 0.05) is 0 Å². The van der Waals surface area contributed by atoms with E-state index in [2.05, 4.69) is 4.99 Å². The minimum Gasteiger partial charge on any atom is -0.386 e. The Kier molecular flexibility index (Phi) is 1.56. The quantitative estimate of drug-likeness (QED) is 0.604. The molecule has 1 fully saturated rings. The van der Waals surface area contributed by atoms with Gasteiger partial charge >= 0.3 is 0 Å². The van der Waals surface area contributed by atoms with Gasteiger partial charge in [-0.1, -0.05) is 0 Å². The lowest BCUT2D eigenvalue weighted by Crippen LogP contribution is -2.52. The molecule has 3 atom stereocenters. The van der Waals surface area contributed by atoms with Gasteiger partial charge in [-0.05, 0) is 26.7 Å². The predicted octanol–water partition coefficient (Wildman–Crippen LogP) is 0.0816. The van der Waals surface area contributed by atoms with Crippen LogP contribution in [0.5, 0.6) is 0 Å². The zero-order valence-electron chi connectivity index (χ0n) is 7.82. The summed E-state index contributed by atoms with van der Waals surface area (Å²) in [6.07, 6.45) is 1.32. The molecule has 13 heavy (non-hydrogen) atoms. The third-order valence-corrected chi connectivity index (χ3v) is 6.45. The Morgan fingerprint density at radius 1 is 1.62 bits per heavy atom. The number of hydrogen-bond acceptors (Lipinski definition) is 4. The maximum atomic E-state index is 12.0. The highest BCUT2D eigenvalue weighted by molar-refractivity contribution is 7.94. The normalized spacial score (nSPS) is 47.4. The number of nitrogens with zero attached hydrogens (tertiary/aromatic N) is 1. The predicted molar refractivity (Wildman–Crippen MR) is 51.4 cm³/mol. The molecule has 0 saturated carbocycles. The molecule has 1 saturated heterocycles. The summed E-state index contributed by atoms with van der Waals surface area (Å²) in [5.74, 6) is 0.300. The largest absolute Gasteiger partial charge is 0.386 e. The van der Waals surface area contributed by atoms with Crippen molar-refractivity contribution in [2.45, 2.75) is 42.7 Å². The van der Waals surface area contributed by atoms with Crippen molar-refractivity contribution >= 4 is 15.7 Å². The number of amidine groups is 1. The van der Waals surface area contributed by atoms with Crippen molar-refractivity contribution in [1.29, 1.82) is 0 Å². The average Bonchev–Trinajstić information content (AvgIpc) is 2.16. The summed E-state index contributed by atoms with van der Waals surface area (Å²) in [7, 11) is -3.08. The Morgan fingerprint density at radius 3 is 2.85 bits per heavy atom. The number of hydrogen-bond donors (Lipinski definition) is 1. The van der Waals surface area contributed by atoms with E-state index in [9.17, 15) is 8.42 Å². The zero-order chi connectivity index (χ0) is 9.85. The van der Waals surface area contributed by atoms with Crippen LogP contribution in [0.2, 0.25) is 0 Å². The monoisotopic (exact) mass is 202 g/mol. The molecule has 0 amide bonds. The summed E-state index contributed by atoms with van der Waals surface area (Å²) in [6.45, 7) is 3.51. The van der Waals surface area contributed by atoms with Crippen molar-refractivity contribution in [3.05, 3.63) is 0 Å². The first kappa shape index (κ1) is 8.99. The fourth-order valence-corrected chi connectivity index (χ4v) is 4.68. The van der Waals surface area contributed by atoms with Gasteiger partial charge in [0.2, 0.25) is 0 Å². The van der Waals surface area contributed by atoms with Crippen LogP contribution in [0.4, 0.5) is 0 Å². The molecule has 0 aliphatic carbocycles. The number of nitrogens with two attached hydrogens (primary N) is 1. The molecule has 4 nitrogen and oxygen atoms in total. The summed E-state index contributed by atoms with van der Waals surface area (Å²) < 4.78 is 23.0. The highest BCUT2D eigenvalue weighted by Gasteiger charge is 2.57. The molecule has 0 aromatic carbocycles. The van der Waals surface area contributed by atoms with Gasteiger partial charge in [0.15, 0.2) is 9.84 Å². The van der Waals surface area contributed by atoms with Crippen molar-refractivity contribution in [2.75, 3.05) is 0 Å². The number of aliphatic imine (C=N–C) groups is 1. The second-order valence-corrected chi connectivity index (χ2v) is 6.70. The average molecular weight is 202 g/mol. The number of fused-ring (bicyclic) bond motifs is 2. The van der Waals surface area contributed by atoms with Crippen LogP contribution in [0.1, 0.15) is 26.7 Å². The summed E-state index contributed by atoms with van der Waals surface area (Å²) in [6, 6.07) is -0.166. The fraction of sp³-hybridized carbons (Fsp3) is 0.875. The van der Waals surface area contributed by atoms with Crippen LogP contribution in [0.25, 0.3) is 0 Å². The first-order chi connectivity index (χ1) is 5.89. The molecule has 74 valence electrons. The van der Waals surface area contributed by atoms with E-state index in [1.807, 2.05) is 6.92 Å². The van der Waals surface area contributed by atoms with Crippen molar-refractivity contribution in [2.24, 2.45) is 10.7 Å². The molecule has 0 aromatic heterocycles. The lowest BCUT2D eigenvalue weighted by molar-refractivity contribution is 0.557. The van der Waals surface area contributed by atoms with Crippen LogP contribution in [0, 0.1) is 0 Å². The lowest BCUT2D eigenvalue weighted by atomic mass is 10.0. The van der Waals surface area contributed by atoms with Gasteiger partial charge < -0.3 is 5.73 Å². The van der Waals surface area contributed by atoms with Crippen LogP contribution in [0.15, 0.2) is 4.99 Å². The summed E-state index contributed by atoms with van der Waals surface area (Å²) >= 11 is 0. The zero-order valence-corrected chi connectivity index (χ0v) is 8.63. The Balaban J connectivity index is 2.66. The summed E-state index contributed by atoms with van der Waals surface area (Å²) in [5.41, 5.74) is 5.69. The molecule has 2 aliphatic rings. The molecule has 2 heterocycles. The van der Waals surface area contributed by atoms with E-state index < -0.39 is 14.6 Å². The van der Waals surface area contributed by atoms with Gasteiger partial charge in [-0.2, -0.15) is 0 Å². The topological polar surface area (TPSA) is 72.5 Å². The van der Waals surface area contributed by atoms with E-state index in [0.717, 1.165) is 0 Å². The Hall–Kier alpha value is -0.580. The highest BCUT2D eigenvalue weighted by atomic mass is 32.2. The van der Waals surface area contributed by atoms with E-state index in [-0.39, 0.29) is 11.3 Å². The molecule has 2 aliphatic heterocycles. The minimum absolute atomic E-state index is 0.166. The van der Waals surface area contributed by atoms with Crippen LogP contribution >= 0.6 is 0 Å². The second kappa shape index (κ2) is 2.26. The molecular weight excluding hydrogens is 188 g/mol. The maximum absolute atomic E-state index is 12.0. The van der Waals surface area contributed by atoms with E-state index in [4.69, 9.17) is 5.73 Å². The molecule has 0 spiro atoms. The molecule has 0 radical (unpaired) electrons. The number of sulfone groups is 1. The van der Waals surface area contributed by atoms with E-state index >= 15 is 0 Å². The van der Waals surface area contributed by atoms with Crippen molar-refractivity contribution in [3.8, 4) is 0 Å². The first-order valence-corrected chi connectivity index (χ1v) is 6.01. The fourth-order valence-electron chi connectivity index (χ4n) is 2.26. The van der Waals surface area contributed by atoms with Gasteiger partial charge in [0.05, 0.1) is 11.3 Å². The molecule has 2 N–H and O–H groups in total. The Bertz CT molecular complexity index is 374. The molecule has 0 aromatic rings. The maximum Gasteiger partial charge on any atom is 0.167 e. The molecule has 2 bridgehead atoms. The van der Waals surface area contributed by atoms with Crippen LogP contribution in [-0.4, -0.2) is 30.3 Å². The first-order valence-electron chi connectivity index (χ1n) is 4.47. The smallest absolute Gasteiger partial charge is 0.167 e. The van der Waals surface area contributed by atoms with Gasteiger partial charge in [0.25, 0.3) is 0 Å². The van der Waals surface area contributed by atoms with Crippen LogP contribution in [0.3, 0.4) is 0 Å². The highest BCUT2D eigenvalue weighted by Crippen LogP contribution is 2.42. The minimum atomic E-state index is -3.08. The molecular formula is C8H14N2O2S. The SMILES string of the molecule is CC1N=C(N)C2(C)CCC1S2(=O)=O. The Labute approximate surface area is 78.1 Å². The summed E-state index contributed by atoms with van der Waals surface area (Å²) in [5, 5.41) is -0.301.